The Morgan fingerprint density at radius 1 is 0.964 bits per heavy atom. The zero-order valence-electron chi connectivity index (χ0n) is 16.4. The third-order valence-electron chi connectivity index (χ3n) is 4.25. The smallest absolute Gasteiger partial charge is 0.182 e. The van der Waals surface area contributed by atoms with Gasteiger partial charge in [0.15, 0.2) is 11.4 Å². The van der Waals surface area contributed by atoms with Gasteiger partial charge in [-0.1, -0.05) is 36.4 Å². The first-order valence-corrected chi connectivity index (χ1v) is 9.39. The van der Waals surface area contributed by atoms with Crippen molar-refractivity contribution in [2.45, 2.75) is 32.9 Å². The highest BCUT2D eigenvalue weighted by molar-refractivity contribution is 5.77. The average Bonchev–Trinajstić information content (AvgIpc) is 3.05. The van der Waals surface area contributed by atoms with E-state index in [1.54, 1.807) is 6.20 Å². The summed E-state index contributed by atoms with van der Waals surface area (Å²) < 4.78 is 8.15. The number of imidazole rings is 1. The van der Waals surface area contributed by atoms with Crippen molar-refractivity contribution in [3.8, 4) is 17.1 Å². The van der Waals surface area contributed by atoms with Gasteiger partial charge in [-0.05, 0) is 50.6 Å². The molecule has 1 N–H and O–H groups in total. The number of anilines is 1. The molecule has 3 heterocycles. The zero-order valence-corrected chi connectivity index (χ0v) is 16.4. The van der Waals surface area contributed by atoms with Crippen molar-refractivity contribution in [1.29, 1.82) is 0 Å². The van der Waals surface area contributed by atoms with Crippen LogP contribution in [0.1, 0.15) is 26.3 Å². The molecule has 4 rings (SSSR count). The zero-order chi connectivity index (χ0) is 19.6. The van der Waals surface area contributed by atoms with Gasteiger partial charge in [0, 0.05) is 17.9 Å². The van der Waals surface area contributed by atoms with Crippen molar-refractivity contribution in [2.75, 3.05) is 5.32 Å². The SMILES string of the molecule is CC(C)(C)Nc1c(-c2ccccn2)nc2c(OCc3ccccc3)cccn12. The highest BCUT2D eigenvalue weighted by Crippen LogP contribution is 2.33. The number of nitrogens with one attached hydrogen (secondary N) is 1. The fourth-order valence-corrected chi connectivity index (χ4v) is 3.05. The number of fused-ring (bicyclic) bond motifs is 1. The Balaban J connectivity index is 1.79. The van der Waals surface area contributed by atoms with Crippen LogP contribution in [0, 0.1) is 0 Å². The van der Waals surface area contributed by atoms with Crippen molar-refractivity contribution in [3.63, 3.8) is 0 Å². The number of rotatable bonds is 5. The first-order valence-electron chi connectivity index (χ1n) is 9.39. The molecule has 3 aromatic heterocycles. The number of aromatic nitrogens is 3. The van der Waals surface area contributed by atoms with E-state index < -0.39 is 0 Å². The van der Waals surface area contributed by atoms with Crippen molar-refractivity contribution in [2.24, 2.45) is 0 Å². The van der Waals surface area contributed by atoms with Crippen molar-refractivity contribution in [1.82, 2.24) is 14.4 Å². The first-order chi connectivity index (χ1) is 13.5. The fourth-order valence-electron chi connectivity index (χ4n) is 3.05. The van der Waals surface area contributed by atoms with Gasteiger partial charge in [-0.25, -0.2) is 4.98 Å². The van der Waals surface area contributed by atoms with Crippen LogP contribution in [0.4, 0.5) is 5.82 Å². The lowest BCUT2D eigenvalue weighted by Gasteiger charge is -2.22. The number of hydrogen-bond acceptors (Lipinski definition) is 4. The molecule has 0 saturated carbocycles. The van der Waals surface area contributed by atoms with E-state index >= 15 is 0 Å². The molecule has 142 valence electrons. The summed E-state index contributed by atoms with van der Waals surface area (Å²) in [7, 11) is 0. The molecule has 4 aromatic rings. The number of hydrogen-bond donors (Lipinski definition) is 1. The molecule has 0 saturated heterocycles. The van der Waals surface area contributed by atoms with Crippen LogP contribution < -0.4 is 10.1 Å². The molecule has 0 aliphatic heterocycles. The normalized spacial score (nSPS) is 11.5. The summed E-state index contributed by atoms with van der Waals surface area (Å²) in [5, 5.41) is 3.58. The summed E-state index contributed by atoms with van der Waals surface area (Å²) in [5.41, 5.74) is 3.40. The van der Waals surface area contributed by atoms with Crippen LogP contribution in [-0.2, 0) is 6.61 Å². The van der Waals surface area contributed by atoms with Gasteiger partial charge in [-0.3, -0.25) is 9.38 Å². The standard InChI is InChI=1S/C23H24N4O/c1-23(2,3)26-22-20(18-12-7-8-14-24-18)25-21-19(13-9-15-27(21)22)28-16-17-10-5-4-6-11-17/h4-15,26H,16H2,1-3H3. The van der Waals surface area contributed by atoms with E-state index in [0.717, 1.165) is 34.2 Å². The van der Waals surface area contributed by atoms with Crippen LogP contribution in [0.25, 0.3) is 17.0 Å². The highest BCUT2D eigenvalue weighted by Gasteiger charge is 2.21. The number of pyridine rings is 2. The van der Waals surface area contributed by atoms with Gasteiger partial charge in [0.2, 0.25) is 0 Å². The Kier molecular flexibility index (Phi) is 4.74. The largest absolute Gasteiger partial charge is 0.485 e. The van der Waals surface area contributed by atoms with E-state index in [-0.39, 0.29) is 5.54 Å². The van der Waals surface area contributed by atoms with Crippen LogP contribution in [0.5, 0.6) is 5.75 Å². The Hall–Kier alpha value is -3.34. The summed E-state index contributed by atoms with van der Waals surface area (Å²) in [6.45, 7) is 6.88. The topological polar surface area (TPSA) is 51.5 Å². The molecule has 0 fully saturated rings. The molecule has 5 nitrogen and oxygen atoms in total. The summed E-state index contributed by atoms with van der Waals surface area (Å²) in [4.78, 5) is 9.39. The lowest BCUT2D eigenvalue weighted by atomic mass is 10.1. The molecule has 0 aliphatic rings. The van der Waals surface area contributed by atoms with E-state index in [4.69, 9.17) is 9.72 Å². The second kappa shape index (κ2) is 7.35. The van der Waals surface area contributed by atoms with Crippen molar-refractivity contribution in [3.05, 3.63) is 78.6 Å². The van der Waals surface area contributed by atoms with Crippen LogP contribution in [0.2, 0.25) is 0 Å². The summed E-state index contributed by atoms with van der Waals surface area (Å²) in [6, 6.07) is 19.9. The van der Waals surface area contributed by atoms with E-state index in [0.29, 0.717) is 6.61 Å². The Morgan fingerprint density at radius 3 is 2.46 bits per heavy atom. The molecule has 5 heteroatoms. The second-order valence-corrected chi connectivity index (χ2v) is 7.74. The van der Waals surface area contributed by atoms with Crippen molar-refractivity contribution < 1.29 is 4.74 Å². The van der Waals surface area contributed by atoms with Gasteiger partial charge in [-0.2, -0.15) is 0 Å². The predicted molar refractivity (Wildman–Crippen MR) is 113 cm³/mol. The van der Waals surface area contributed by atoms with E-state index in [9.17, 15) is 0 Å². The Morgan fingerprint density at radius 2 is 1.75 bits per heavy atom. The summed E-state index contributed by atoms with van der Waals surface area (Å²) >= 11 is 0. The summed E-state index contributed by atoms with van der Waals surface area (Å²) in [6.07, 6.45) is 3.78. The van der Waals surface area contributed by atoms with Gasteiger partial charge < -0.3 is 10.1 Å². The number of nitrogens with zero attached hydrogens (tertiary/aromatic N) is 3. The number of ether oxygens (including phenoxy) is 1. The quantitative estimate of drug-likeness (QED) is 0.524. The van der Waals surface area contributed by atoms with E-state index in [2.05, 4.69) is 43.2 Å². The number of benzene rings is 1. The molecule has 0 spiro atoms. The minimum absolute atomic E-state index is 0.125. The third-order valence-corrected chi connectivity index (χ3v) is 4.25. The molecule has 1 aromatic carbocycles. The fraction of sp³-hybridized carbons (Fsp3) is 0.217. The van der Waals surface area contributed by atoms with Crippen LogP contribution >= 0.6 is 0 Å². The van der Waals surface area contributed by atoms with Gasteiger partial charge in [0.25, 0.3) is 0 Å². The average molecular weight is 372 g/mol. The molecule has 0 radical (unpaired) electrons. The molecular formula is C23H24N4O. The monoisotopic (exact) mass is 372 g/mol. The lowest BCUT2D eigenvalue weighted by Crippen LogP contribution is -2.27. The Bertz CT molecular complexity index is 1070. The minimum Gasteiger partial charge on any atom is -0.485 e. The van der Waals surface area contributed by atoms with E-state index in [1.807, 2.05) is 59.1 Å². The highest BCUT2D eigenvalue weighted by atomic mass is 16.5. The maximum atomic E-state index is 6.11. The maximum absolute atomic E-state index is 6.11. The predicted octanol–water partition coefficient (Wildman–Crippen LogP) is 5.19. The molecule has 0 bridgehead atoms. The van der Waals surface area contributed by atoms with Crippen molar-refractivity contribution >= 4 is 11.5 Å². The maximum Gasteiger partial charge on any atom is 0.182 e. The molecule has 0 aliphatic carbocycles. The van der Waals surface area contributed by atoms with Crippen LogP contribution in [0.15, 0.2) is 73.1 Å². The Labute approximate surface area is 165 Å². The van der Waals surface area contributed by atoms with Crippen LogP contribution in [0.3, 0.4) is 0 Å². The second-order valence-electron chi connectivity index (χ2n) is 7.74. The minimum atomic E-state index is -0.125. The van der Waals surface area contributed by atoms with Gasteiger partial charge in [0.1, 0.15) is 18.1 Å². The first kappa shape index (κ1) is 18.0. The van der Waals surface area contributed by atoms with Gasteiger partial charge in [-0.15, -0.1) is 0 Å². The molecule has 28 heavy (non-hydrogen) atoms. The third kappa shape index (κ3) is 3.83. The molecule has 0 atom stereocenters. The van der Waals surface area contributed by atoms with Gasteiger partial charge >= 0.3 is 0 Å². The van der Waals surface area contributed by atoms with Gasteiger partial charge in [0.05, 0.1) is 5.69 Å². The van der Waals surface area contributed by atoms with Crippen LogP contribution in [-0.4, -0.2) is 19.9 Å². The molecule has 0 amide bonds. The molecular weight excluding hydrogens is 348 g/mol. The van der Waals surface area contributed by atoms with E-state index in [1.165, 1.54) is 0 Å². The summed E-state index contributed by atoms with van der Waals surface area (Å²) in [5.74, 6) is 1.65. The lowest BCUT2D eigenvalue weighted by molar-refractivity contribution is 0.308. The molecule has 0 unspecified atom stereocenters.